The number of hydrogen-bond acceptors (Lipinski definition) is 6. The molecule has 0 atom stereocenters. The second-order valence-corrected chi connectivity index (χ2v) is 6.08. The van der Waals surface area contributed by atoms with Gasteiger partial charge in [-0.2, -0.15) is 9.97 Å². The standard InChI is InChI=1S/C17H20N6O/c1-22-7-9-23(10-8-22)13-4-2-3-12(11-13)19-17-20-15-14(5-6-18-15)16(24)21-17/h2-6,11H,7-10H2,1H3,(H3,18,19,20,21,24). The van der Waals surface area contributed by atoms with Crippen LogP contribution in [0.2, 0.25) is 0 Å². The summed E-state index contributed by atoms with van der Waals surface area (Å²) in [7, 11) is 2.15. The second-order valence-electron chi connectivity index (χ2n) is 6.08. The highest BCUT2D eigenvalue weighted by molar-refractivity contribution is 5.82. The fraction of sp³-hybridized carbons (Fsp3) is 0.294. The third-order valence-corrected chi connectivity index (χ3v) is 4.37. The SMILES string of the molecule is CN1CCN(c2cccc(Nc3nc(O)c4cc[nH]c4n3)c2)CC1. The van der Waals surface area contributed by atoms with Gasteiger partial charge < -0.3 is 25.2 Å². The molecule has 7 heteroatoms. The lowest BCUT2D eigenvalue weighted by molar-refractivity contribution is 0.313. The zero-order chi connectivity index (χ0) is 16.5. The van der Waals surface area contributed by atoms with Gasteiger partial charge >= 0.3 is 0 Å². The third kappa shape index (κ3) is 2.85. The van der Waals surface area contributed by atoms with Crippen LogP contribution in [-0.2, 0) is 0 Å². The van der Waals surface area contributed by atoms with Crippen LogP contribution < -0.4 is 10.2 Å². The summed E-state index contributed by atoms with van der Waals surface area (Å²) in [5.74, 6) is 0.344. The fourth-order valence-electron chi connectivity index (χ4n) is 2.96. The number of aromatic hydroxyl groups is 1. The third-order valence-electron chi connectivity index (χ3n) is 4.37. The molecule has 1 aromatic carbocycles. The highest BCUT2D eigenvalue weighted by Gasteiger charge is 2.14. The minimum Gasteiger partial charge on any atom is -0.493 e. The molecule has 0 unspecified atom stereocenters. The molecule has 0 spiro atoms. The topological polar surface area (TPSA) is 80.3 Å². The highest BCUT2D eigenvalue weighted by Crippen LogP contribution is 2.25. The molecule has 0 aliphatic carbocycles. The van der Waals surface area contributed by atoms with Crippen molar-refractivity contribution in [3.8, 4) is 5.88 Å². The first-order chi connectivity index (χ1) is 11.7. The summed E-state index contributed by atoms with van der Waals surface area (Å²) in [5, 5.41) is 13.8. The largest absolute Gasteiger partial charge is 0.493 e. The Kier molecular flexibility index (Phi) is 3.70. The van der Waals surface area contributed by atoms with Crippen LogP contribution in [0, 0.1) is 0 Å². The van der Waals surface area contributed by atoms with E-state index in [1.165, 1.54) is 5.69 Å². The molecular weight excluding hydrogens is 304 g/mol. The average molecular weight is 324 g/mol. The van der Waals surface area contributed by atoms with Crippen molar-refractivity contribution in [3.05, 3.63) is 36.5 Å². The van der Waals surface area contributed by atoms with Crippen LogP contribution in [0.15, 0.2) is 36.5 Å². The van der Waals surface area contributed by atoms with Crippen LogP contribution in [0.5, 0.6) is 5.88 Å². The molecule has 1 saturated heterocycles. The number of fused-ring (bicyclic) bond motifs is 1. The minimum atomic E-state index is -0.0287. The number of benzene rings is 1. The van der Waals surface area contributed by atoms with Gasteiger partial charge in [-0.3, -0.25) is 0 Å². The highest BCUT2D eigenvalue weighted by atomic mass is 16.3. The monoisotopic (exact) mass is 324 g/mol. The van der Waals surface area contributed by atoms with Gasteiger partial charge in [0, 0.05) is 43.8 Å². The lowest BCUT2D eigenvalue weighted by Gasteiger charge is -2.34. The quantitative estimate of drug-likeness (QED) is 0.685. The summed E-state index contributed by atoms with van der Waals surface area (Å²) in [6.07, 6.45) is 1.73. The Morgan fingerprint density at radius 3 is 2.79 bits per heavy atom. The minimum absolute atomic E-state index is 0.0287. The number of likely N-dealkylation sites (N-methyl/N-ethyl adjacent to an activating group) is 1. The van der Waals surface area contributed by atoms with E-state index >= 15 is 0 Å². The van der Waals surface area contributed by atoms with E-state index in [2.05, 4.69) is 49.2 Å². The van der Waals surface area contributed by atoms with Crippen molar-refractivity contribution < 1.29 is 5.11 Å². The van der Waals surface area contributed by atoms with Crippen molar-refractivity contribution in [1.29, 1.82) is 0 Å². The van der Waals surface area contributed by atoms with Crippen molar-refractivity contribution in [3.63, 3.8) is 0 Å². The molecule has 2 aromatic heterocycles. The number of anilines is 3. The molecule has 3 N–H and O–H groups in total. The van der Waals surface area contributed by atoms with Crippen molar-refractivity contribution >= 4 is 28.4 Å². The normalized spacial score (nSPS) is 15.8. The molecule has 1 fully saturated rings. The molecule has 0 radical (unpaired) electrons. The maximum absolute atomic E-state index is 9.98. The van der Waals surface area contributed by atoms with Crippen LogP contribution in [0.3, 0.4) is 0 Å². The van der Waals surface area contributed by atoms with E-state index in [4.69, 9.17) is 0 Å². The number of nitrogens with zero attached hydrogens (tertiary/aromatic N) is 4. The molecule has 0 saturated carbocycles. The second kappa shape index (κ2) is 6.01. The number of nitrogens with one attached hydrogen (secondary N) is 2. The lowest BCUT2D eigenvalue weighted by atomic mass is 10.2. The summed E-state index contributed by atoms with van der Waals surface area (Å²) < 4.78 is 0. The number of piperazine rings is 1. The number of H-pyrrole nitrogens is 1. The first kappa shape index (κ1) is 14.8. The van der Waals surface area contributed by atoms with Crippen molar-refractivity contribution in [2.24, 2.45) is 0 Å². The molecule has 24 heavy (non-hydrogen) atoms. The van der Waals surface area contributed by atoms with E-state index in [-0.39, 0.29) is 5.88 Å². The molecule has 0 bridgehead atoms. The molecule has 1 aliphatic rings. The van der Waals surface area contributed by atoms with Crippen LogP contribution >= 0.6 is 0 Å². The summed E-state index contributed by atoms with van der Waals surface area (Å²) >= 11 is 0. The Balaban J connectivity index is 1.56. The maximum Gasteiger partial charge on any atom is 0.232 e. The smallest absolute Gasteiger partial charge is 0.232 e. The van der Waals surface area contributed by atoms with E-state index in [1.54, 1.807) is 12.3 Å². The van der Waals surface area contributed by atoms with Gasteiger partial charge in [-0.25, -0.2) is 0 Å². The van der Waals surface area contributed by atoms with Gasteiger partial charge in [0.05, 0.1) is 5.39 Å². The lowest BCUT2D eigenvalue weighted by Crippen LogP contribution is -2.44. The van der Waals surface area contributed by atoms with Gasteiger partial charge in [0.1, 0.15) is 5.65 Å². The zero-order valence-electron chi connectivity index (χ0n) is 13.5. The van der Waals surface area contributed by atoms with E-state index in [0.717, 1.165) is 31.9 Å². The zero-order valence-corrected chi connectivity index (χ0v) is 13.5. The van der Waals surface area contributed by atoms with Gasteiger partial charge in [-0.15, -0.1) is 0 Å². The molecule has 7 nitrogen and oxygen atoms in total. The number of rotatable bonds is 3. The van der Waals surface area contributed by atoms with Crippen LogP contribution in [0.4, 0.5) is 17.3 Å². The predicted octanol–water partition coefficient (Wildman–Crippen LogP) is 2.16. The average Bonchev–Trinajstić information content (AvgIpc) is 3.05. The van der Waals surface area contributed by atoms with Crippen LogP contribution in [0.1, 0.15) is 0 Å². The summed E-state index contributed by atoms with van der Waals surface area (Å²) in [6.45, 7) is 4.17. The Labute approximate surface area is 140 Å². The first-order valence-electron chi connectivity index (χ1n) is 8.04. The molecular formula is C17H20N6O. The van der Waals surface area contributed by atoms with Gasteiger partial charge in [-0.1, -0.05) is 6.07 Å². The Morgan fingerprint density at radius 2 is 1.96 bits per heavy atom. The van der Waals surface area contributed by atoms with Gasteiger partial charge in [0.25, 0.3) is 0 Å². The Morgan fingerprint density at radius 1 is 1.12 bits per heavy atom. The Hall–Kier alpha value is -2.80. The molecule has 3 aromatic rings. The molecule has 0 amide bonds. The predicted molar refractivity (Wildman–Crippen MR) is 95.0 cm³/mol. The molecule has 4 rings (SSSR count). The summed E-state index contributed by atoms with van der Waals surface area (Å²) in [5.41, 5.74) is 2.69. The van der Waals surface area contributed by atoms with Gasteiger partial charge in [-0.05, 0) is 31.3 Å². The Bertz CT molecular complexity index is 853. The van der Waals surface area contributed by atoms with E-state index < -0.39 is 0 Å². The summed E-state index contributed by atoms with van der Waals surface area (Å²) in [6, 6.07) is 9.94. The van der Waals surface area contributed by atoms with Gasteiger partial charge in [0.2, 0.25) is 11.8 Å². The van der Waals surface area contributed by atoms with E-state index in [1.807, 2.05) is 12.1 Å². The van der Waals surface area contributed by atoms with Crippen LogP contribution in [-0.4, -0.2) is 58.2 Å². The first-order valence-corrected chi connectivity index (χ1v) is 8.04. The van der Waals surface area contributed by atoms with Crippen LogP contribution in [0.25, 0.3) is 11.0 Å². The number of hydrogen-bond donors (Lipinski definition) is 3. The van der Waals surface area contributed by atoms with Crippen molar-refractivity contribution in [2.45, 2.75) is 0 Å². The number of aromatic amines is 1. The molecule has 124 valence electrons. The molecule has 3 heterocycles. The number of aromatic nitrogens is 3. The fourth-order valence-corrected chi connectivity index (χ4v) is 2.96. The maximum atomic E-state index is 9.98. The molecule has 1 aliphatic heterocycles. The van der Waals surface area contributed by atoms with Gasteiger partial charge in [0.15, 0.2) is 0 Å². The van der Waals surface area contributed by atoms with E-state index in [9.17, 15) is 5.11 Å². The van der Waals surface area contributed by atoms with E-state index in [0.29, 0.717) is 17.0 Å². The van der Waals surface area contributed by atoms with Crippen molar-refractivity contribution in [2.75, 3.05) is 43.4 Å². The van der Waals surface area contributed by atoms with Crippen molar-refractivity contribution in [1.82, 2.24) is 19.9 Å². The summed E-state index contributed by atoms with van der Waals surface area (Å²) in [4.78, 5) is 16.2.